The van der Waals surface area contributed by atoms with Gasteiger partial charge in [0.15, 0.2) is 0 Å². The molecule has 0 saturated heterocycles. The molecule has 0 radical (unpaired) electrons. The van der Waals surface area contributed by atoms with Crippen molar-refractivity contribution in [3.05, 3.63) is 47.5 Å². The Morgan fingerprint density at radius 1 is 1.25 bits per heavy atom. The molecule has 0 aliphatic carbocycles. The molecule has 1 aromatic carbocycles. The van der Waals surface area contributed by atoms with Crippen molar-refractivity contribution >= 4 is 12.6 Å². The number of halogens is 4. The smallest absolute Gasteiger partial charge is 0.423 e. The van der Waals surface area contributed by atoms with E-state index in [0.717, 1.165) is 16.9 Å². The van der Waals surface area contributed by atoms with Crippen LogP contribution in [0.4, 0.5) is 17.6 Å². The minimum absolute atomic E-state index is 0.0670. The van der Waals surface area contributed by atoms with Gasteiger partial charge in [0.25, 0.3) is 0 Å². The van der Waals surface area contributed by atoms with E-state index in [1.807, 2.05) is 0 Å². The van der Waals surface area contributed by atoms with Gasteiger partial charge in [-0.25, -0.2) is 4.39 Å². The van der Waals surface area contributed by atoms with E-state index in [-0.39, 0.29) is 17.6 Å². The lowest BCUT2D eigenvalue weighted by Crippen LogP contribution is -2.28. The summed E-state index contributed by atoms with van der Waals surface area (Å²) < 4.78 is 52.2. The second-order valence-electron chi connectivity index (χ2n) is 4.15. The summed E-state index contributed by atoms with van der Waals surface area (Å²) in [6.07, 6.45) is -2.21. The Kier molecular flexibility index (Phi) is 3.82. The van der Waals surface area contributed by atoms with Crippen LogP contribution in [0, 0.1) is 5.82 Å². The Morgan fingerprint density at radius 2 is 1.95 bits per heavy atom. The Hall–Kier alpha value is -1.87. The Balaban J connectivity index is 2.28. The first kappa shape index (κ1) is 14.5. The molecule has 9 heteroatoms. The Morgan fingerprint density at radius 3 is 2.50 bits per heavy atom. The molecule has 1 heterocycles. The van der Waals surface area contributed by atoms with Crippen molar-refractivity contribution < 1.29 is 27.6 Å². The van der Waals surface area contributed by atoms with Crippen LogP contribution in [0.3, 0.4) is 0 Å². The fourth-order valence-corrected chi connectivity index (χ4v) is 1.65. The molecule has 0 aliphatic rings. The number of rotatable bonds is 3. The van der Waals surface area contributed by atoms with Crippen molar-refractivity contribution in [1.82, 2.24) is 9.78 Å². The zero-order chi connectivity index (χ0) is 14.9. The van der Waals surface area contributed by atoms with Crippen molar-refractivity contribution in [2.45, 2.75) is 12.7 Å². The maximum atomic E-state index is 13.5. The van der Waals surface area contributed by atoms with Crippen molar-refractivity contribution in [3.8, 4) is 0 Å². The molecule has 0 spiro atoms. The number of aromatic nitrogens is 2. The van der Waals surface area contributed by atoms with Gasteiger partial charge >= 0.3 is 13.3 Å². The summed E-state index contributed by atoms with van der Waals surface area (Å²) >= 11 is 0. The van der Waals surface area contributed by atoms with Gasteiger partial charge in [-0.3, -0.25) is 4.68 Å². The Bertz CT molecular complexity index is 613. The summed E-state index contributed by atoms with van der Waals surface area (Å²) in [5, 5.41) is 21.5. The lowest BCUT2D eigenvalue weighted by atomic mass is 9.83. The van der Waals surface area contributed by atoms with Crippen molar-refractivity contribution in [2.75, 3.05) is 0 Å². The quantitative estimate of drug-likeness (QED) is 0.648. The largest absolute Gasteiger partial charge is 0.491 e. The van der Waals surface area contributed by atoms with Gasteiger partial charge in [-0.1, -0.05) is 0 Å². The molecule has 0 amide bonds. The van der Waals surface area contributed by atoms with E-state index in [4.69, 9.17) is 10.0 Å². The van der Waals surface area contributed by atoms with Gasteiger partial charge in [-0.2, -0.15) is 18.3 Å². The van der Waals surface area contributed by atoms with E-state index < -0.39 is 24.7 Å². The van der Waals surface area contributed by atoms with Crippen molar-refractivity contribution in [3.63, 3.8) is 0 Å². The summed E-state index contributed by atoms with van der Waals surface area (Å²) in [6, 6.07) is 2.10. The number of benzene rings is 1. The zero-order valence-electron chi connectivity index (χ0n) is 9.97. The van der Waals surface area contributed by atoms with Crippen LogP contribution >= 0.6 is 0 Å². The SMILES string of the molecule is OB(O)c1cnn(Cc2cc(C(F)(F)F)ccc2F)c1. The summed E-state index contributed by atoms with van der Waals surface area (Å²) in [7, 11) is -1.74. The van der Waals surface area contributed by atoms with E-state index >= 15 is 0 Å². The van der Waals surface area contributed by atoms with Crippen LogP contribution in [0.25, 0.3) is 0 Å². The molecular weight excluding hydrogens is 279 g/mol. The van der Waals surface area contributed by atoms with Gasteiger partial charge < -0.3 is 10.0 Å². The third-order valence-electron chi connectivity index (χ3n) is 2.66. The highest BCUT2D eigenvalue weighted by Crippen LogP contribution is 2.30. The average molecular weight is 288 g/mol. The molecule has 0 atom stereocenters. The number of alkyl halides is 3. The molecule has 2 rings (SSSR count). The molecule has 0 saturated carbocycles. The molecule has 106 valence electrons. The van der Waals surface area contributed by atoms with Crippen LogP contribution in [0.1, 0.15) is 11.1 Å². The fourth-order valence-electron chi connectivity index (χ4n) is 1.65. The summed E-state index contributed by atoms with van der Waals surface area (Å²) in [4.78, 5) is 0. The highest BCUT2D eigenvalue weighted by atomic mass is 19.4. The minimum Gasteiger partial charge on any atom is -0.423 e. The lowest BCUT2D eigenvalue weighted by Gasteiger charge is -2.10. The summed E-state index contributed by atoms with van der Waals surface area (Å²) in [5.74, 6) is -0.792. The first-order valence-electron chi connectivity index (χ1n) is 5.51. The van der Waals surface area contributed by atoms with E-state index in [1.165, 1.54) is 6.20 Å². The summed E-state index contributed by atoms with van der Waals surface area (Å²) in [6.45, 7) is -0.248. The normalized spacial score (nSPS) is 11.7. The number of nitrogens with zero attached hydrogens (tertiary/aromatic N) is 2. The van der Waals surface area contributed by atoms with Gasteiger partial charge in [-0.05, 0) is 18.2 Å². The highest BCUT2D eigenvalue weighted by Gasteiger charge is 2.31. The Labute approximate surface area is 111 Å². The van der Waals surface area contributed by atoms with E-state index in [2.05, 4.69) is 5.10 Å². The molecule has 0 bridgehead atoms. The van der Waals surface area contributed by atoms with Crippen molar-refractivity contribution in [2.24, 2.45) is 0 Å². The standard InChI is InChI=1S/C11H9BF4N2O2/c13-10-2-1-8(11(14,15)16)3-7(10)5-18-6-9(4-17-18)12(19)20/h1-4,6,19-20H,5H2. The van der Waals surface area contributed by atoms with Crippen LogP contribution in [0.2, 0.25) is 0 Å². The van der Waals surface area contributed by atoms with Crippen molar-refractivity contribution in [1.29, 1.82) is 0 Å². The third-order valence-corrected chi connectivity index (χ3v) is 2.66. The molecule has 0 fully saturated rings. The second kappa shape index (κ2) is 5.26. The van der Waals surface area contributed by atoms with Gasteiger partial charge in [0.1, 0.15) is 5.82 Å². The molecule has 0 unspecified atom stereocenters. The lowest BCUT2D eigenvalue weighted by molar-refractivity contribution is -0.137. The van der Waals surface area contributed by atoms with Crippen LogP contribution in [-0.2, 0) is 12.7 Å². The monoisotopic (exact) mass is 288 g/mol. The molecule has 2 N–H and O–H groups in total. The predicted octanol–water partition coefficient (Wildman–Crippen LogP) is 0.769. The van der Waals surface area contributed by atoms with Gasteiger partial charge in [-0.15, -0.1) is 0 Å². The van der Waals surface area contributed by atoms with Crippen LogP contribution in [-0.4, -0.2) is 26.9 Å². The molecule has 4 nitrogen and oxygen atoms in total. The molecule has 0 aliphatic heterocycles. The number of hydrogen-bond donors (Lipinski definition) is 2. The predicted molar refractivity (Wildman–Crippen MR) is 62.6 cm³/mol. The van der Waals surface area contributed by atoms with E-state index in [1.54, 1.807) is 0 Å². The van der Waals surface area contributed by atoms with E-state index in [9.17, 15) is 17.6 Å². The fraction of sp³-hybridized carbons (Fsp3) is 0.182. The van der Waals surface area contributed by atoms with Gasteiger partial charge in [0, 0.05) is 23.4 Å². The molecular formula is C11H9BF4N2O2. The maximum absolute atomic E-state index is 13.5. The minimum atomic E-state index is -4.56. The first-order valence-corrected chi connectivity index (χ1v) is 5.51. The second-order valence-corrected chi connectivity index (χ2v) is 4.15. The molecule has 1 aromatic heterocycles. The highest BCUT2D eigenvalue weighted by molar-refractivity contribution is 6.58. The topological polar surface area (TPSA) is 58.3 Å². The van der Waals surface area contributed by atoms with E-state index in [0.29, 0.717) is 12.1 Å². The third kappa shape index (κ3) is 3.17. The molecule has 2 aromatic rings. The molecule has 20 heavy (non-hydrogen) atoms. The zero-order valence-corrected chi connectivity index (χ0v) is 9.97. The van der Waals surface area contributed by atoms with Gasteiger partial charge in [0.2, 0.25) is 0 Å². The van der Waals surface area contributed by atoms with Crippen LogP contribution in [0.15, 0.2) is 30.6 Å². The van der Waals surface area contributed by atoms with Crippen LogP contribution in [0.5, 0.6) is 0 Å². The average Bonchev–Trinajstić information content (AvgIpc) is 2.79. The first-order chi connectivity index (χ1) is 9.27. The van der Waals surface area contributed by atoms with Gasteiger partial charge in [0.05, 0.1) is 12.1 Å². The van der Waals surface area contributed by atoms with Crippen LogP contribution < -0.4 is 5.46 Å². The number of hydrogen-bond acceptors (Lipinski definition) is 3. The summed E-state index contributed by atoms with van der Waals surface area (Å²) in [5.41, 5.74) is -1.08. The maximum Gasteiger partial charge on any atom is 0.491 e.